The Hall–Kier alpha value is -2.82. The van der Waals surface area contributed by atoms with Crippen LogP contribution in [0.5, 0.6) is 0 Å². The molecule has 0 aliphatic carbocycles. The van der Waals surface area contributed by atoms with E-state index in [0.717, 1.165) is 16.9 Å². The number of hydrogen-bond acceptors (Lipinski definition) is 7. The number of allylic oxidation sites excluding steroid dienone is 5. The summed E-state index contributed by atoms with van der Waals surface area (Å²) in [5, 5.41) is 0.217. The Labute approximate surface area is 212 Å². The Morgan fingerprint density at radius 3 is 2.11 bits per heavy atom. The first-order valence-corrected chi connectivity index (χ1v) is 13.5. The Morgan fingerprint density at radius 2 is 1.54 bits per heavy atom. The van der Waals surface area contributed by atoms with Crippen LogP contribution in [0.3, 0.4) is 0 Å². The third-order valence-corrected chi connectivity index (χ3v) is 7.48. The van der Waals surface area contributed by atoms with Crippen molar-refractivity contribution in [2.45, 2.75) is 39.5 Å². The summed E-state index contributed by atoms with van der Waals surface area (Å²) < 4.78 is 33.3. The number of likely N-dealkylation sites (N-methyl/N-ethyl adjacent to an activating group) is 2. The summed E-state index contributed by atoms with van der Waals surface area (Å²) in [4.78, 5) is 30.4. The van der Waals surface area contributed by atoms with Crippen molar-refractivity contribution >= 4 is 45.0 Å². The number of thiocarbonyl (C=S) groups is 1. The first-order chi connectivity index (χ1) is 16.4. The fourth-order valence-corrected chi connectivity index (χ4v) is 5.39. The highest BCUT2D eigenvalue weighted by molar-refractivity contribution is 7.85. The standard InChI is InChI=1S/C25H31N3O5S2/c1-5-26-22(29)18(23(30)27(6-2)24(26)34)12-7-10-15-21-25(3,4)19-13-8-9-14-20(19)28(21)16-11-17-35(31,32)33/h7-10,12-15H,5-6,11,16-17H2,1-4H3,(H,31,32,33)/p-1. The molecule has 1 aromatic carbocycles. The molecule has 188 valence electrons. The van der Waals surface area contributed by atoms with Crippen LogP contribution in [0.1, 0.15) is 39.7 Å². The quantitative estimate of drug-likeness (QED) is 0.226. The second kappa shape index (κ2) is 10.4. The zero-order chi connectivity index (χ0) is 26.0. The minimum atomic E-state index is -4.30. The average molecular weight is 517 g/mol. The third-order valence-electron chi connectivity index (χ3n) is 6.25. The molecular weight excluding hydrogens is 486 g/mol. The second-order valence-electron chi connectivity index (χ2n) is 8.81. The van der Waals surface area contributed by atoms with Crippen LogP contribution in [0, 0.1) is 0 Å². The van der Waals surface area contributed by atoms with Crippen LogP contribution in [0.4, 0.5) is 5.69 Å². The topological polar surface area (TPSA) is 101 Å². The molecule has 3 rings (SSSR count). The molecule has 35 heavy (non-hydrogen) atoms. The SMILES string of the molecule is CCN1C(=O)C(=CC=CC=C2N(CCCS(=O)(=O)[O-])c3ccccc3C2(C)C)C(=O)N(CC)C1=S. The number of carbonyl (C=O) groups excluding carboxylic acids is 2. The second-order valence-corrected chi connectivity index (χ2v) is 10.7. The largest absolute Gasteiger partial charge is 0.748 e. The molecule has 1 fully saturated rings. The molecule has 0 aromatic heterocycles. The number of rotatable bonds is 8. The summed E-state index contributed by atoms with van der Waals surface area (Å²) >= 11 is 5.28. The Kier molecular flexibility index (Phi) is 7.98. The minimum absolute atomic E-state index is 0.0448. The molecule has 10 heteroatoms. The lowest BCUT2D eigenvalue weighted by Gasteiger charge is -2.35. The molecule has 2 aliphatic heterocycles. The van der Waals surface area contributed by atoms with Crippen molar-refractivity contribution in [1.82, 2.24) is 9.80 Å². The number of hydrogen-bond donors (Lipinski definition) is 0. The van der Waals surface area contributed by atoms with Crippen molar-refractivity contribution in [2.24, 2.45) is 0 Å². The molecule has 0 N–H and O–H groups in total. The van der Waals surface area contributed by atoms with Gasteiger partial charge in [0.25, 0.3) is 11.8 Å². The molecule has 2 amide bonds. The van der Waals surface area contributed by atoms with Crippen LogP contribution in [0.2, 0.25) is 0 Å². The Balaban J connectivity index is 1.92. The number of para-hydroxylation sites is 1. The van der Waals surface area contributed by atoms with Gasteiger partial charge < -0.3 is 9.45 Å². The van der Waals surface area contributed by atoms with Gasteiger partial charge in [-0.05, 0) is 56.3 Å². The Morgan fingerprint density at radius 1 is 0.971 bits per heavy atom. The summed E-state index contributed by atoms with van der Waals surface area (Å²) in [6, 6.07) is 7.86. The van der Waals surface area contributed by atoms with E-state index in [1.54, 1.807) is 26.0 Å². The van der Waals surface area contributed by atoms with Crippen molar-refractivity contribution < 1.29 is 22.6 Å². The lowest BCUT2D eigenvalue weighted by Crippen LogP contribution is -2.55. The maximum atomic E-state index is 12.8. The van der Waals surface area contributed by atoms with Gasteiger partial charge in [0.15, 0.2) is 5.11 Å². The van der Waals surface area contributed by atoms with Crippen LogP contribution >= 0.6 is 12.2 Å². The number of amides is 2. The van der Waals surface area contributed by atoms with E-state index in [0.29, 0.717) is 19.6 Å². The molecule has 0 spiro atoms. The molecule has 0 saturated carbocycles. The van der Waals surface area contributed by atoms with Crippen LogP contribution in [-0.4, -0.2) is 65.1 Å². The smallest absolute Gasteiger partial charge is 0.265 e. The van der Waals surface area contributed by atoms with Gasteiger partial charge in [-0.25, -0.2) is 8.42 Å². The predicted octanol–water partition coefficient (Wildman–Crippen LogP) is 3.08. The monoisotopic (exact) mass is 516 g/mol. The molecule has 2 aliphatic rings. The zero-order valence-corrected chi connectivity index (χ0v) is 22.0. The molecule has 0 bridgehead atoms. The summed E-state index contributed by atoms with van der Waals surface area (Å²) in [6.07, 6.45) is 6.99. The molecular formula is C25H30N3O5S2-. The normalized spacial score (nSPS) is 19.3. The van der Waals surface area contributed by atoms with Crippen molar-refractivity contribution in [1.29, 1.82) is 0 Å². The van der Waals surface area contributed by atoms with E-state index in [2.05, 4.69) is 13.8 Å². The summed E-state index contributed by atoms with van der Waals surface area (Å²) in [5.74, 6) is -1.27. The highest BCUT2D eigenvalue weighted by Crippen LogP contribution is 2.47. The van der Waals surface area contributed by atoms with E-state index in [4.69, 9.17) is 12.2 Å². The maximum absolute atomic E-state index is 12.8. The van der Waals surface area contributed by atoms with E-state index in [1.807, 2.05) is 35.2 Å². The fraction of sp³-hybridized carbons (Fsp3) is 0.400. The number of nitrogens with zero attached hydrogens (tertiary/aromatic N) is 3. The van der Waals surface area contributed by atoms with Gasteiger partial charge in [-0.1, -0.05) is 44.2 Å². The van der Waals surface area contributed by atoms with Gasteiger partial charge in [0.2, 0.25) is 0 Å². The van der Waals surface area contributed by atoms with E-state index in [1.165, 1.54) is 15.9 Å². The molecule has 0 unspecified atom stereocenters. The number of anilines is 1. The van der Waals surface area contributed by atoms with E-state index < -0.39 is 27.7 Å². The van der Waals surface area contributed by atoms with E-state index in [9.17, 15) is 22.6 Å². The van der Waals surface area contributed by atoms with Crippen molar-refractivity contribution in [3.63, 3.8) is 0 Å². The maximum Gasteiger partial charge on any atom is 0.265 e. The van der Waals surface area contributed by atoms with Gasteiger partial charge in [0.1, 0.15) is 5.57 Å². The predicted molar refractivity (Wildman–Crippen MR) is 139 cm³/mol. The highest BCUT2D eigenvalue weighted by Gasteiger charge is 2.39. The zero-order valence-electron chi connectivity index (χ0n) is 20.4. The van der Waals surface area contributed by atoms with E-state index >= 15 is 0 Å². The van der Waals surface area contributed by atoms with Gasteiger partial charge in [0, 0.05) is 42.2 Å². The third kappa shape index (κ3) is 5.39. The summed E-state index contributed by atoms with van der Waals surface area (Å²) in [5.41, 5.74) is 2.65. The summed E-state index contributed by atoms with van der Waals surface area (Å²) in [7, 11) is -4.30. The van der Waals surface area contributed by atoms with Crippen molar-refractivity contribution in [3.8, 4) is 0 Å². The molecule has 8 nitrogen and oxygen atoms in total. The first-order valence-electron chi connectivity index (χ1n) is 11.5. The Bertz CT molecular complexity index is 1200. The lowest BCUT2D eigenvalue weighted by molar-refractivity contribution is -0.133. The van der Waals surface area contributed by atoms with Crippen LogP contribution < -0.4 is 4.90 Å². The van der Waals surface area contributed by atoms with Crippen LogP contribution in [-0.2, 0) is 25.1 Å². The lowest BCUT2D eigenvalue weighted by atomic mass is 9.84. The van der Waals surface area contributed by atoms with Gasteiger partial charge in [-0.3, -0.25) is 19.4 Å². The number of carbonyl (C=O) groups is 2. The average Bonchev–Trinajstić information content (AvgIpc) is 2.99. The van der Waals surface area contributed by atoms with Gasteiger partial charge in [-0.15, -0.1) is 0 Å². The molecule has 0 atom stereocenters. The molecule has 0 radical (unpaired) electrons. The van der Waals surface area contributed by atoms with E-state index in [-0.39, 0.29) is 22.5 Å². The minimum Gasteiger partial charge on any atom is -0.748 e. The highest BCUT2D eigenvalue weighted by atomic mass is 32.2. The van der Waals surface area contributed by atoms with Crippen LogP contribution in [0.25, 0.3) is 0 Å². The van der Waals surface area contributed by atoms with Crippen molar-refractivity contribution in [2.75, 3.05) is 30.3 Å². The molecule has 1 saturated heterocycles. The fourth-order valence-electron chi connectivity index (χ4n) is 4.48. The van der Waals surface area contributed by atoms with Gasteiger partial charge in [-0.2, -0.15) is 0 Å². The van der Waals surface area contributed by atoms with Crippen LogP contribution in [0.15, 0.2) is 59.8 Å². The molecule has 2 heterocycles. The van der Waals surface area contributed by atoms with Gasteiger partial charge in [0.05, 0.1) is 10.1 Å². The summed E-state index contributed by atoms with van der Waals surface area (Å²) in [6.45, 7) is 8.86. The van der Waals surface area contributed by atoms with Gasteiger partial charge >= 0.3 is 0 Å². The number of fused-ring (bicyclic) bond motifs is 1. The molecule has 1 aromatic rings. The first kappa shape index (κ1) is 26.8. The number of benzene rings is 1. The van der Waals surface area contributed by atoms with Crippen molar-refractivity contribution in [3.05, 3.63) is 65.4 Å².